The SMILES string of the molecule is Cc1ccccc1CN(C(=O)CN(c1ccc(OCc2ccccc2)cc1)S(C)(=O)=O)[C@H](Cc1ccccc1)C(=O)NC1CCCC1. The Hall–Kier alpha value is -4.63. The summed E-state index contributed by atoms with van der Waals surface area (Å²) in [4.78, 5) is 30.0. The molecule has 1 aliphatic carbocycles. The highest BCUT2D eigenvalue weighted by atomic mass is 32.2. The predicted octanol–water partition coefficient (Wildman–Crippen LogP) is 6.04. The smallest absolute Gasteiger partial charge is 0.244 e. The van der Waals surface area contributed by atoms with Gasteiger partial charge in [0.15, 0.2) is 0 Å². The summed E-state index contributed by atoms with van der Waals surface area (Å²) in [5.74, 6) is -0.121. The summed E-state index contributed by atoms with van der Waals surface area (Å²) in [6, 6.07) is 33.0. The number of rotatable bonds is 14. The Bertz CT molecular complexity index is 1720. The maximum Gasteiger partial charge on any atom is 0.244 e. The van der Waals surface area contributed by atoms with E-state index >= 15 is 0 Å². The highest BCUT2D eigenvalue weighted by molar-refractivity contribution is 7.92. The van der Waals surface area contributed by atoms with Crippen LogP contribution >= 0.6 is 0 Å². The van der Waals surface area contributed by atoms with Crippen LogP contribution in [0.4, 0.5) is 5.69 Å². The van der Waals surface area contributed by atoms with E-state index in [-0.39, 0.29) is 18.5 Å². The van der Waals surface area contributed by atoms with Crippen LogP contribution < -0.4 is 14.4 Å². The largest absolute Gasteiger partial charge is 0.489 e. The number of carbonyl (C=O) groups excluding carboxylic acids is 2. The zero-order valence-corrected chi connectivity index (χ0v) is 27.9. The minimum Gasteiger partial charge on any atom is -0.489 e. The molecule has 8 nitrogen and oxygen atoms in total. The van der Waals surface area contributed by atoms with Gasteiger partial charge in [0.1, 0.15) is 24.9 Å². The highest BCUT2D eigenvalue weighted by Gasteiger charge is 2.34. The van der Waals surface area contributed by atoms with Crippen LogP contribution in [0.2, 0.25) is 0 Å². The fourth-order valence-corrected chi connectivity index (χ4v) is 6.81. The van der Waals surface area contributed by atoms with Crippen molar-refractivity contribution in [2.24, 2.45) is 0 Å². The molecule has 246 valence electrons. The van der Waals surface area contributed by atoms with Crippen molar-refractivity contribution in [3.05, 3.63) is 131 Å². The molecule has 0 bridgehead atoms. The molecule has 47 heavy (non-hydrogen) atoms. The number of ether oxygens (including phenoxy) is 1. The number of benzene rings is 4. The summed E-state index contributed by atoms with van der Waals surface area (Å²) in [5.41, 5.74) is 4.12. The number of carbonyl (C=O) groups is 2. The van der Waals surface area contributed by atoms with Crippen molar-refractivity contribution < 1.29 is 22.7 Å². The van der Waals surface area contributed by atoms with Crippen LogP contribution in [0.25, 0.3) is 0 Å². The van der Waals surface area contributed by atoms with Gasteiger partial charge in [-0.3, -0.25) is 13.9 Å². The predicted molar refractivity (Wildman–Crippen MR) is 185 cm³/mol. The van der Waals surface area contributed by atoms with E-state index in [1.807, 2.05) is 91.9 Å². The number of anilines is 1. The molecule has 1 N–H and O–H groups in total. The number of sulfonamides is 1. The van der Waals surface area contributed by atoms with Gasteiger partial charge >= 0.3 is 0 Å². The van der Waals surface area contributed by atoms with Gasteiger partial charge in [-0.15, -0.1) is 0 Å². The van der Waals surface area contributed by atoms with Crippen LogP contribution in [0.15, 0.2) is 109 Å². The Morgan fingerprint density at radius 1 is 0.830 bits per heavy atom. The summed E-state index contributed by atoms with van der Waals surface area (Å²) in [6.07, 6.45) is 5.30. The van der Waals surface area contributed by atoms with Crippen LogP contribution in [0.3, 0.4) is 0 Å². The van der Waals surface area contributed by atoms with E-state index in [2.05, 4.69) is 5.32 Å². The van der Waals surface area contributed by atoms with Crippen molar-refractivity contribution in [2.75, 3.05) is 17.1 Å². The third kappa shape index (κ3) is 9.45. The molecule has 1 saturated carbocycles. The van der Waals surface area contributed by atoms with Gasteiger partial charge in [0.05, 0.1) is 11.9 Å². The van der Waals surface area contributed by atoms with Gasteiger partial charge in [0.2, 0.25) is 21.8 Å². The standard InChI is InChI=1S/C38H43N3O5S/c1-29-13-9-10-18-32(29)26-40(36(25-30-14-5-3-6-15-30)38(43)39-33-19-11-12-20-33)37(42)27-41(47(2,44)45)34-21-23-35(24-22-34)46-28-31-16-7-4-8-17-31/h3-10,13-18,21-24,33,36H,11-12,19-20,25-28H2,1-2H3,(H,39,43)/t36-/m1/s1. The molecule has 0 heterocycles. The lowest BCUT2D eigenvalue weighted by atomic mass is 10.0. The van der Waals surface area contributed by atoms with Crippen LogP contribution in [0, 0.1) is 6.92 Å². The summed E-state index contributed by atoms with van der Waals surface area (Å²) in [5, 5.41) is 3.20. The second kappa shape index (κ2) is 15.8. The Morgan fingerprint density at radius 3 is 2.04 bits per heavy atom. The molecule has 4 aromatic carbocycles. The van der Waals surface area contributed by atoms with Gasteiger partial charge in [0, 0.05) is 19.0 Å². The van der Waals surface area contributed by atoms with Gasteiger partial charge < -0.3 is 15.0 Å². The quantitative estimate of drug-likeness (QED) is 0.179. The number of nitrogens with one attached hydrogen (secondary N) is 1. The average molecular weight is 654 g/mol. The Morgan fingerprint density at radius 2 is 1.43 bits per heavy atom. The van der Waals surface area contributed by atoms with Gasteiger partial charge in [-0.25, -0.2) is 8.42 Å². The lowest BCUT2D eigenvalue weighted by molar-refractivity contribution is -0.140. The first-order chi connectivity index (χ1) is 22.7. The third-order valence-electron chi connectivity index (χ3n) is 8.63. The Balaban J connectivity index is 1.43. The molecule has 1 fully saturated rings. The summed E-state index contributed by atoms with van der Waals surface area (Å²) in [7, 11) is -3.87. The zero-order valence-electron chi connectivity index (χ0n) is 27.0. The first kappa shape index (κ1) is 33.7. The second-order valence-corrected chi connectivity index (χ2v) is 14.1. The van der Waals surface area contributed by atoms with Crippen molar-refractivity contribution in [1.29, 1.82) is 0 Å². The molecule has 2 amide bonds. The second-order valence-electron chi connectivity index (χ2n) is 12.2. The minimum absolute atomic E-state index is 0.0614. The van der Waals surface area contributed by atoms with Crippen molar-refractivity contribution in [3.8, 4) is 5.75 Å². The Labute approximate surface area is 278 Å². The molecule has 0 aliphatic heterocycles. The minimum atomic E-state index is -3.87. The number of nitrogens with zero attached hydrogens (tertiary/aromatic N) is 2. The molecule has 0 radical (unpaired) electrons. The maximum absolute atomic E-state index is 14.4. The zero-order chi connectivity index (χ0) is 33.2. The van der Waals surface area contributed by atoms with E-state index in [1.165, 1.54) is 0 Å². The van der Waals surface area contributed by atoms with Gasteiger partial charge in [-0.2, -0.15) is 0 Å². The van der Waals surface area contributed by atoms with E-state index < -0.39 is 28.5 Å². The maximum atomic E-state index is 14.4. The van der Waals surface area contributed by atoms with Crippen molar-refractivity contribution in [1.82, 2.24) is 10.2 Å². The summed E-state index contributed by atoms with van der Waals surface area (Å²) in [6.45, 7) is 2.03. The van der Waals surface area contributed by atoms with Gasteiger partial charge in [0.25, 0.3) is 0 Å². The van der Waals surface area contributed by atoms with Gasteiger partial charge in [-0.1, -0.05) is 97.8 Å². The number of amides is 2. The Kier molecular flexibility index (Phi) is 11.3. The monoisotopic (exact) mass is 653 g/mol. The molecule has 9 heteroatoms. The topological polar surface area (TPSA) is 96.0 Å². The van der Waals surface area contributed by atoms with E-state index in [0.717, 1.165) is 58.5 Å². The van der Waals surface area contributed by atoms with Crippen molar-refractivity contribution in [2.45, 2.75) is 64.3 Å². The van der Waals surface area contributed by atoms with E-state index in [1.54, 1.807) is 29.2 Å². The summed E-state index contributed by atoms with van der Waals surface area (Å²) >= 11 is 0. The molecule has 0 aromatic heterocycles. The molecule has 1 atom stereocenters. The van der Waals surface area contributed by atoms with E-state index in [4.69, 9.17) is 4.74 Å². The lowest BCUT2D eigenvalue weighted by Crippen LogP contribution is -2.54. The molecule has 0 spiro atoms. The molecule has 0 unspecified atom stereocenters. The number of hydrogen-bond donors (Lipinski definition) is 1. The lowest BCUT2D eigenvalue weighted by Gasteiger charge is -2.34. The van der Waals surface area contributed by atoms with Crippen molar-refractivity contribution in [3.63, 3.8) is 0 Å². The van der Waals surface area contributed by atoms with Crippen LogP contribution in [0.5, 0.6) is 5.75 Å². The first-order valence-electron chi connectivity index (χ1n) is 16.1. The normalized spacial score (nSPS) is 13.9. The van der Waals surface area contributed by atoms with Crippen LogP contribution in [-0.4, -0.2) is 50.0 Å². The van der Waals surface area contributed by atoms with Gasteiger partial charge in [-0.05, 0) is 66.3 Å². The van der Waals surface area contributed by atoms with Crippen LogP contribution in [-0.2, 0) is 39.2 Å². The third-order valence-corrected chi connectivity index (χ3v) is 9.77. The molecular weight excluding hydrogens is 611 g/mol. The van der Waals surface area contributed by atoms with Crippen LogP contribution in [0.1, 0.15) is 47.9 Å². The molecule has 4 aromatic rings. The number of aryl methyl sites for hydroxylation is 1. The molecule has 1 aliphatic rings. The first-order valence-corrected chi connectivity index (χ1v) is 17.9. The average Bonchev–Trinajstić information content (AvgIpc) is 3.59. The van der Waals surface area contributed by atoms with E-state index in [0.29, 0.717) is 24.5 Å². The summed E-state index contributed by atoms with van der Waals surface area (Å²) < 4.78 is 33.3. The number of hydrogen-bond acceptors (Lipinski definition) is 5. The van der Waals surface area contributed by atoms with Crippen molar-refractivity contribution >= 4 is 27.5 Å². The molecular formula is C38H43N3O5S. The molecule has 5 rings (SSSR count). The molecule has 0 saturated heterocycles. The van der Waals surface area contributed by atoms with E-state index in [9.17, 15) is 18.0 Å². The fraction of sp³-hybridized carbons (Fsp3) is 0.316. The highest BCUT2D eigenvalue weighted by Crippen LogP contribution is 2.25. The fourth-order valence-electron chi connectivity index (χ4n) is 5.96.